The Morgan fingerprint density at radius 2 is 1.78 bits per heavy atom. The molecule has 3 aromatic carbocycles. The molecule has 4 aromatic rings. The maximum Gasteiger partial charge on any atom is 0.220 e. The highest BCUT2D eigenvalue weighted by Crippen LogP contribution is 2.32. The van der Waals surface area contributed by atoms with Crippen molar-refractivity contribution in [1.82, 2.24) is 10.6 Å². The summed E-state index contributed by atoms with van der Waals surface area (Å²) in [6.07, 6.45) is 3.06. The fourth-order valence-electron chi connectivity index (χ4n) is 4.74. The van der Waals surface area contributed by atoms with Gasteiger partial charge in [-0.15, -0.1) is 11.3 Å². The van der Waals surface area contributed by atoms with Crippen molar-refractivity contribution in [3.63, 3.8) is 0 Å². The highest BCUT2D eigenvalue weighted by atomic mass is 32.1. The standard InChI is InChI=1S/C27H26N2O2S/c30-25(28-18-22-16-20-7-2-4-11-24(20)32-22)12-14-27(15-13-26(31)29-27)17-21-9-5-8-19-6-1-3-10-23(19)21/h1-11,16H,12-15,17-18H2,(H,28,30)(H,29,31). The van der Waals surface area contributed by atoms with E-state index in [0.717, 1.165) is 17.7 Å². The van der Waals surface area contributed by atoms with Gasteiger partial charge < -0.3 is 10.6 Å². The molecule has 162 valence electrons. The molecule has 32 heavy (non-hydrogen) atoms. The van der Waals surface area contributed by atoms with Gasteiger partial charge in [-0.2, -0.15) is 0 Å². The fraction of sp³-hybridized carbons (Fsp3) is 0.259. The van der Waals surface area contributed by atoms with E-state index in [1.807, 2.05) is 24.3 Å². The summed E-state index contributed by atoms with van der Waals surface area (Å²) in [5.74, 6) is 0.108. The lowest BCUT2D eigenvalue weighted by atomic mass is 9.83. The number of benzene rings is 3. The van der Waals surface area contributed by atoms with E-state index in [1.165, 1.54) is 26.4 Å². The molecular formula is C27H26N2O2S. The van der Waals surface area contributed by atoms with E-state index in [2.05, 4.69) is 59.2 Å². The zero-order valence-corrected chi connectivity index (χ0v) is 18.7. The van der Waals surface area contributed by atoms with Crippen LogP contribution in [-0.4, -0.2) is 17.4 Å². The quantitative estimate of drug-likeness (QED) is 0.406. The van der Waals surface area contributed by atoms with Gasteiger partial charge in [-0.05, 0) is 53.1 Å². The molecule has 0 aliphatic carbocycles. The number of thiophene rings is 1. The summed E-state index contributed by atoms with van der Waals surface area (Å²) in [5.41, 5.74) is 0.854. The Balaban J connectivity index is 1.25. The zero-order valence-electron chi connectivity index (χ0n) is 17.9. The number of rotatable bonds is 7. The van der Waals surface area contributed by atoms with Gasteiger partial charge in [-0.3, -0.25) is 9.59 Å². The molecule has 1 aliphatic heterocycles. The molecule has 2 amide bonds. The molecule has 1 atom stereocenters. The number of nitrogens with one attached hydrogen (secondary N) is 2. The molecule has 1 fully saturated rings. The Bertz CT molecular complexity index is 1260. The largest absolute Gasteiger partial charge is 0.351 e. The van der Waals surface area contributed by atoms with Crippen LogP contribution in [0, 0.1) is 0 Å². The second kappa shape index (κ2) is 8.75. The van der Waals surface area contributed by atoms with Crippen LogP contribution in [0.1, 0.15) is 36.1 Å². The summed E-state index contributed by atoms with van der Waals surface area (Å²) < 4.78 is 1.24. The third kappa shape index (κ3) is 4.39. The van der Waals surface area contributed by atoms with E-state index in [4.69, 9.17) is 0 Å². The number of carbonyl (C=O) groups is 2. The van der Waals surface area contributed by atoms with Crippen molar-refractivity contribution in [1.29, 1.82) is 0 Å². The van der Waals surface area contributed by atoms with Crippen LogP contribution in [0.15, 0.2) is 72.8 Å². The number of carbonyl (C=O) groups excluding carboxylic acids is 2. The summed E-state index contributed by atoms with van der Waals surface area (Å²) in [5, 5.41) is 9.90. The molecular weight excluding hydrogens is 416 g/mol. The van der Waals surface area contributed by atoms with Crippen molar-refractivity contribution < 1.29 is 9.59 Å². The van der Waals surface area contributed by atoms with Crippen LogP contribution < -0.4 is 10.6 Å². The van der Waals surface area contributed by atoms with Gasteiger partial charge in [0.05, 0.1) is 6.54 Å². The lowest BCUT2D eigenvalue weighted by Gasteiger charge is -2.30. The molecule has 2 heterocycles. The predicted molar refractivity (Wildman–Crippen MR) is 131 cm³/mol. The normalized spacial score (nSPS) is 18.2. The molecule has 5 heteroatoms. The summed E-state index contributed by atoms with van der Waals surface area (Å²) in [6.45, 7) is 0.543. The van der Waals surface area contributed by atoms with E-state index in [1.54, 1.807) is 11.3 Å². The van der Waals surface area contributed by atoms with Crippen LogP contribution >= 0.6 is 11.3 Å². The zero-order chi connectivity index (χ0) is 22.0. The third-order valence-corrected chi connectivity index (χ3v) is 7.53. The first-order valence-corrected chi connectivity index (χ1v) is 11.9. The Kier molecular flexibility index (Phi) is 5.66. The van der Waals surface area contributed by atoms with Crippen LogP contribution in [0.5, 0.6) is 0 Å². The van der Waals surface area contributed by atoms with Gasteiger partial charge >= 0.3 is 0 Å². The number of hydrogen-bond acceptors (Lipinski definition) is 3. The Labute approximate surface area is 191 Å². The smallest absolute Gasteiger partial charge is 0.220 e. The Morgan fingerprint density at radius 1 is 1.00 bits per heavy atom. The molecule has 4 nitrogen and oxygen atoms in total. The molecule has 0 radical (unpaired) electrons. The van der Waals surface area contributed by atoms with Crippen molar-refractivity contribution in [3.8, 4) is 0 Å². The molecule has 1 saturated heterocycles. The van der Waals surface area contributed by atoms with Crippen LogP contribution in [0.3, 0.4) is 0 Å². The highest BCUT2D eigenvalue weighted by molar-refractivity contribution is 7.19. The second-order valence-electron chi connectivity index (χ2n) is 8.67. The van der Waals surface area contributed by atoms with Gasteiger partial charge in [0.1, 0.15) is 0 Å². The number of hydrogen-bond donors (Lipinski definition) is 2. The van der Waals surface area contributed by atoms with E-state index in [9.17, 15) is 9.59 Å². The minimum atomic E-state index is -0.365. The second-order valence-corrected chi connectivity index (χ2v) is 9.84. The predicted octanol–water partition coefficient (Wildman–Crippen LogP) is 5.34. The van der Waals surface area contributed by atoms with Crippen molar-refractivity contribution in [3.05, 3.63) is 83.2 Å². The van der Waals surface area contributed by atoms with E-state index in [-0.39, 0.29) is 17.4 Å². The van der Waals surface area contributed by atoms with Gasteiger partial charge in [-0.1, -0.05) is 60.7 Å². The summed E-state index contributed by atoms with van der Waals surface area (Å²) in [6, 6.07) is 25.0. The minimum absolute atomic E-state index is 0.0286. The van der Waals surface area contributed by atoms with Crippen molar-refractivity contribution >= 4 is 44.0 Å². The van der Waals surface area contributed by atoms with Crippen molar-refractivity contribution in [2.45, 2.75) is 44.2 Å². The highest BCUT2D eigenvalue weighted by Gasteiger charge is 2.38. The molecule has 0 spiro atoms. The van der Waals surface area contributed by atoms with Gasteiger partial charge in [0.2, 0.25) is 11.8 Å². The molecule has 2 N–H and O–H groups in total. The SMILES string of the molecule is O=C(CCC1(Cc2cccc3ccccc23)CCC(=O)N1)NCc1cc2ccccc2s1. The van der Waals surface area contributed by atoms with E-state index in [0.29, 0.717) is 25.8 Å². The molecule has 1 aromatic heterocycles. The molecule has 1 aliphatic rings. The minimum Gasteiger partial charge on any atom is -0.351 e. The van der Waals surface area contributed by atoms with Crippen molar-refractivity contribution in [2.24, 2.45) is 0 Å². The number of amides is 2. The average molecular weight is 443 g/mol. The van der Waals surface area contributed by atoms with E-state index >= 15 is 0 Å². The first-order valence-electron chi connectivity index (χ1n) is 11.1. The molecule has 1 unspecified atom stereocenters. The van der Waals surface area contributed by atoms with Gasteiger partial charge in [0.25, 0.3) is 0 Å². The van der Waals surface area contributed by atoms with Gasteiger partial charge in [-0.25, -0.2) is 0 Å². The molecule has 0 bridgehead atoms. The maximum atomic E-state index is 12.7. The molecule has 5 rings (SSSR count). The lowest BCUT2D eigenvalue weighted by Crippen LogP contribution is -2.44. The van der Waals surface area contributed by atoms with Crippen LogP contribution in [0.25, 0.3) is 20.9 Å². The maximum absolute atomic E-state index is 12.7. The number of fused-ring (bicyclic) bond motifs is 2. The first kappa shape index (κ1) is 20.7. The summed E-state index contributed by atoms with van der Waals surface area (Å²) in [7, 11) is 0. The summed E-state index contributed by atoms with van der Waals surface area (Å²) >= 11 is 1.71. The topological polar surface area (TPSA) is 58.2 Å². The summed E-state index contributed by atoms with van der Waals surface area (Å²) in [4.78, 5) is 26.0. The van der Waals surface area contributed by atoms with Crippen LogP contribution in [-0.2, 0) is 22.6 Å². The van der Waals surface area contributed by atoms with Crippen molar-refractivity contribution in [2.75, 3.05) is 0 Å². The molecule has 0 saturated carbocycles. The first-order chi connectivity index (χ1) is 15.6. The van der Waals surface area contributed by atoms with Crippen LogP contribution in [0.4, 0.5) is 0 Å². The fourth-order valence-corrected chi connectivity index (χ4v) is 5.75. The average Bonchev–Trinajstić information content (AvgIpc) is 3.40. The lowest BCUT2D eigenvalue weighted by molar-refractivity contribution is -0.122. The van der Waals surface area contributed by atoms with Gasteiger partial charge in [0.15, 0.2) is 0 Å². The monoisotopic (exact) mass is 442 g/mol. The van der Waals surface area contributed by atoms with E-state index < -0.39 is 0 Å². The Morgan fingerprint density at radius 3 is 2.59 bits per heavy atom. The third-order valence-electron chi connectivity index (χ3n) is 6.41. The Hall–Kier alpha value is -3.18. The van der Waals surface area contributed by atoms with Crippen LogP contribution in [0.2, 0.25) is 0 Å². The van der Waals surface area contributed by atoms with Gasteiger partial charge in [0, 0.05) is 28.0 Å².